The van der Waals surface area contributed by atoms with Gasteiger partial charge in [-0.2, -0.15) is 4.72 Å². The van der Waals surface area contributed by atoms with Crippen LogP contribution >= 0.6 is 27.3 Å². The number of hydrogen-bond acceptors (Lipinski definition) is 4. The fourth-order valence-corrected chi connectivity index (χ4v) is 4.36. The highest BCUT2D eigenvalue weighted by molar-refractivity contribution is 9.10. The Bertz CT molecular complexity index is 467. The Balaban J connectivity index is 2.96. The van der Waals surface area contributed by atoms with Gasteiger partial charge in [-0.1, -0.05) is 0 Å². The molecule has 0 aliphatic heterocycles. The van der Waals surface area contributed by atoms with E-state index in [2.05, 4.69) is 15.9 Å². The smallest absolute Gasteiger partial charge is 0.321 e. The van der Waals surface area contributed by atoms with Crippen LogP contribution in [0, 0.1) is 0 Å². The summed E-state index contributed by atoms with van der Waals surface area (Å²) in [6.45, 7) is 1.26. The summed E-state index contributed by atoms with van der Waals surface area (Å²) in [4.78, 5) is 10.6. The SMILES string of the molecule is C[C@@H](NS(=O)(=O)c1cscc1Br)C(=O)O. The van der Waals surface area contributed by atoms with Gasteiger partial charge in [-0.3, -0.25) is 4.79 Å². The lowest BCUT2D eigenvalue weighted by Crippen LogP contribution is -2.38. The molecule has 0 amide bonds. The number of nitrogens with one attached hydrogen (secondary N) is 1. The predicted molar refractivity (Wildman–Crippen MR) is 59.4 cm³/mol. The third kappa shape index (κ3) is 3.00. The standard InChI is InChI=1S/C7H8BrNO4S2/c1-4(7(10)11)9-15(12,13)6-3-14-2-5(6)8/h2-4,9H,1H3,(H,10,11)/t4-/m1/s1. The molecule has 5 nitrogen and oxygen atoms in total. The van der Waals surface area contributed by atoms with Gasteiger partial charge in [0.2, 0.25) is 10.0 Å². The van der Waals surface area contributed by atoms with Crippen molar-refractivity contribution in [3.8, 4) is 0 Å². The van der Waals surface area contributed by atoms with Crippen LogP contribution in [0.25, 0.3) is 0 Å². The van der Waals surface area contributed by atoms with Crippen molar-refractivity contribution in [1.29, 1.82) is 0 Å². The van der Waals surface area contributed by atoms with Crippen molar-refractivity contribution in [1.82, 2.24) is 4.72 Å². The Hall–Kier alpha value is -0.440. The van der Waals surface area contributed by atoms with E-state index < -0.39 is 22.0 Å². The van der Waals surface area contributed by atoms with E-state index in [1.807, 2.05) is 4.72 Å². The molecule has 0 bridgehead atoms. The van der Waals surface area contributed by atoms with Crippen molar-refractivity contribution in [2.45, 2.75) is 17.9 Å². The van der Waals surface area contributed by atoms with Crippen LogP contribution in [0.4, 0.5) is 0 Å². The Morgan fingerprint density at radius 3 is 2.60 bits per heavy atom. The lowest BCUT2D eigenvalue weighted by molar-refractivity contribution is -0.138. The second-order valence-corrected chi connectivity index (χ2v) is 6.05. The summed E-state index contributed by atoms with van der Waals surface area (Å²) >= 11 is 4.29. The molecule has 0 saturated heterocycles. The lowest BCUT2D eigenvalue weighted by atomic mass is 10.4. The quantitative estimate of drug-likeness (QED) is 0.876. The second kappa shape index (κ2) is 4.60. The molecule has 0 radical (unpaired) electrons. The van der Waals surface area contributed by atoms with Crippen LogP contribution in [-0.2, 0) is 14.8 Å². The van der Waals surface area contributed by atoms with Crippen molar-refractivity contribution < 1.29 is 18.3 Å². The Morgan fingerprint density at radius 1 is 1.60 bits per heavy atom. The van der Waals surface area contributed by atoms with Crippen LogP contribution in [0.15, 0.2) is 20.1 Å². The summed E-state index contributed by atoms with van der Waals surface area (Å²) < 4.78 is 25.7. The number of sulfonamides is 1. The summed E-state index contributed by atoms with van der Waals surface area (Å²) in [7, 11) is -3.76. The topological polar surface area (TPSA) is 83.5 Å². The van der Waals surface area contributed by atoms with Gasteiger partial charge in [0.15, 0.2) is 0 Å². The molecule has 0 fully saturated rings. The zero-order valence-electron chi connectivity index (χ0n) is 7.60. The summed E-state index contributed by atoms with van der Waals surface area (Å²) in [6, 6.07) is -1.15. The van der Waals surface area contributed by atoms with Gasteiger partial charge in [0, 0.05) is 15.2 Å². The summed E-state index contributed by atoms with van der Waals surface area (Å²) in [6.07, 6.45) is 0. The molecule has 15 heavy (non-hydrogen) atoms. The number of halogens is 1. The molecular formula is C7H8BrNO4S2. The molecule has 8 heteroatoms. The molecule has 0 saturated carbocycles. The van der Waals surface area contributed by atoms with Crippen LogP contribution in [0.1, 0.15) is 6.92 Å². The fourth-order valence-electron chi connectivity index (χ4n) is 0.808. The molecule has 84 valence electrons. The summed E-state index contributed by atoms with van der Waals surface area (Å²) in [5.74, 6) is -1.22. The highest BCUT2D eigenvalue weighted by Crippen LogP contribution is 2.25. The number of carboxylic acids is 1. The maximum absolute atomic E-state index is 11.6. The number of carboxylic acid groups (broad SMARTS) is 1. The van der Waals surface area contributed by atoms with E-state index in [0.717, 1.165) is 0 Å². The van der Waals surface area contributed by atoms with E-state index in [0.29, 0.717) is 4.47 Å². The van der Waals surface area contributed by atoms with Gasteiger partial charge in [-0.15, -0.1) is 11.3 Å². The van der Waals surface area contributed by atoms with Crippen LogP contribution < -0.4 is 4.72 Å². The minimum Gasteiger partial charge on any atom is -0.480 e. The van der Waals surface area contributed by atoms with Crippen molar-refractivity contribution >= 4 is 43.3 Å². The van der Waals surface area contributed by atoms with Crippen molar-refractivity contribution in [2.75, 3.05) is 0 Å². The molecule has 0 unspecified atom stereocenters. The van der Waals surface area contributed by atoms with Gasteiger partial charge < -0.3 is 5.11 Å². The summed E-state index contributed by atoms with van der Waals surface area (Å²) in [5.41, 5.74) is 0. The minimum atomic E-state index is -3.76. The van der Waals surface area contributed by atoms with Gasteiger partial charge in [-0.05, 0) is 22.9 Å². The molecule has 0 aliphatic carbocycles. The molecule has 2 N–H and O–H groups in total. The van der Waals surface area contributed by atoms with Gasteiger partial charge >= 0.3 is 5.97 Å². The van der Waals surface area contributed by atoms with Crippen molar-refractivity contribution in [2.24, 2.45) is 0 Å². The van der Waals surface area contributed by atoms with Crippen molar-refractivity contribution in [3.63, 3.8) is 0 Å². The Labute approximate surface area is 99.3 Å². The first kappa shape index (κ1) is 12.6. The van der Waals surface area contributed by atoms with Crippen LogP contribution in [-0.4, -0.2) is 25.5 Å². The number of thiophene rings is 1. The van der Waals surface area contributed by atoms with Crippen LogP contribution in [0.5, 0.6) is 0 Å². The zero-order valence-corrected chi connectivity index (χ0v) is 10.8. The first-order chi connectivity index (χ1) is 6.84. The number of carbonyl (C=O) groups is 1. The Morgan fingerprint density at radius 2 is 2.20 bits per heavy atom. The number of rotatable bonds is 4. The highest BCUT2D eigenvalue weighted by Gasteiger charge is 2.23. The Kier molecular flexibility index (Phi) is 3.87. The molecule has 0 spiro atoms. The highest BCUT2D eigenvalue weighted by atomic mass is 79.9. The summed E-state index contributed by atoms with van der Waals surface area (Å²) in [5, 5.41) is 11.6. The molecule has 1 rings (SSSR count). The van der Waals surface area contributed by atoms with Gasteiger partial charge in [0.25, 0.3) is 0 Å². The first-order valence-corrected chi connectivity index (χ1v) is 7.03. The zero-order chi connectivity index (χ0) is 11.6. The maximum atomic E-state index is 11.6. The molecule has 1 atom stereocenters. The number of hydrogen-bond donors (Lipinski definition) is 2. The lowest BCUT2D eigenvalue weighted by Gasteiger charge is -2.09. The molecular weight excluding hydrogens is 306 g/mol. The third-order valence-electron chi connectivity index (χ3n) is 1.57. The fraction of sp³-hybridized carbons (Fsp3) is 0.286. The maximum Gasteiger partial charge on any atom is 0.321 e. The monoisotopic (exact) mass is 313 g/mol. The predicted octanol–water partition coefficient (Wildman–Crippen LogP) is 1.26. The van der Waals surface area contributed by atoms with Gasteiger partial charge in [-0.25, -0.2) is 8.42 Å². The van der Waals surface area contributed by atoms with Gasteiger partial charge in [0.1, 0.15) is 10.9 Å². The van der Waals surface area contributed by atoms with E-state index in [4.69, 9.17) is 5.11 Å². The van der Waals surface area contributed by atoms with E-state index in [1.54, 1.807) is 5.38 Å². The average molecular weight is 314 g/mol. The molecule has 0 aromatic carbocycles. The minimum absolute atomic E-state index is 0.0561. The van der Waals surface area contributed by atoms with E-state index in [-0.39, 0.29) is 4.90 Å². The first-order valence-electron chi connectivity index (χ1n) is 3.81. The molecule has 1 aromatic heterocycles. The molecule has 1 heterocycles. The number of aliphatic carboxylic acids is 1. The van der Waals surface area contributed by atoms with Crippen LogP contribution in [0.2, 0.25) is 0 Å². The van der Waals surface area contributed by atoms with Crippen molar-refractivity contribution in [3.05, 3.63) is 15.2 Å². The normalized spacial score (nSPS) is 13.7. The van der Waals surface area contributed by atoms with Crippen LogP contribution in [0.3, 0.4) is 0 Å². The van der Waals surface area contributed by atoms with Gasteiger partial charge in [0.05, 0.1) is 0 Å². The van der Waals surface area contributed by atoms with E-state index in [9.17, 15) is 13.2 Å². The van der Waals surface area contributed by atoms with E-state index >= 15 is 0 Å². The average Bonchev–Trinajstić information content (AvgIpc) is 2.50. The second-order valence-electron chi connectivity index (χ2n) is 2.77. The third-order valence-corrected chi connectivity index (χ3v) is 5.27. The molecule has 0 aliphatic rings. The van der Waals surface area contributed by atoms with E-state index in [1.165, 1.54) is 23.6 Å². The largest absolute Gasteiger partial charge is 0.480 e. The molecule has 1 aromatic rings.